The van der Waals surface area contributed by atoms with Crippen LogP contribution in [0.1, 0.15) is 0 Å². The van der Waals surface area contributed by atoms with Crippen molar-refractivity contribution < 1.29 is 210 Å². The van der Waals surface area contributed by atoms with E-state index in [1.165, 1.54) is 0 Å². The van der Waals surface area contributed by atoms with Gasteiger partial charge in [0.25, 0.3) is 0 Å². The predicted octanol–water partition coefficient (Wildman–Crippen LogP) is -8.21. The first-order valence-electron chi connectivity index (χ1n) is 8.38. The van der Waals surface area contributed by atoms with Crippen LogP contribution in [0.2, 0.25) is 0 Å². The molecule has 1 radical (unpaired) electrons. The molecule has 0 fully saturated rings. The van der Waals surface area contributed by atoms with Crippen molar-refractivity contribution in [3.05, 3.63) is 0 Å². The molecular formula is H24NaO48S12. The SMILES string of the molecule is O=S(=O)(O)O.O=S(=O)(O)O.O=S(=O)(O)O.O=S(=O)(O)O.O=S(=O)(O)O.O=S(=O)(O)O.O=S(=O)(O)O.O=S(=O)(O)O.O=S(=O)(O)O.O=S(=O)(O)O.O=S(=O)(O)O.O=S(=O)(O)O.[Na]. The molecule has 0 amide bonds. The van der Waals surface area contributed by atoms with Crippen LogP contribution in [0, 0.1) is 0 Å². The third-order valence-electron chi connectivity index (χ3n) is 0. The molecule has 0 bridgehead atoms. The van der Waals surface area contributed by atoms with Crippen molar-refractivity contribution in [3.8, 4) is 0 Å². The van der Waals surface area contributed by atoms with E-state index < -0.39 is 125 Å². The van der Waals surface area contributed by atoms with E-state index in [2.05, 4.69) is 0 Å². The molecule has 0 unspecified atom stereocenters. The molecule has 24 N–H and O–H groups in total. The second kappa shape index (κ2) is 39.8. The van der Waals surface area contributed by atoms with E-state index in [1.54, 1.807) is 0 Å². The van der Waals surface area contributed by atoms with Crippen molar-refractivity contribution in [1.82, 2.24) is 0 Å². The van der Waals surface area contributed by atoms with Crippen molar-refractivity contribution in [3.63, 3.8) is 0 Å². The quantitative estimate of drug-likeness (QED) is 0.0791. The number of rotatable bonds is 0. The normalized spacial score (nSPS) is 11.4. The van der Waals surface area contributed by atoms with Gasteiger partial charge in [0.15, 0.2) is 0 Å². The zero-order valence-corrected chi connectivity index (χ0v) is 38.2. The van der Waals surface area contributed by atoms with Crippen LogP contribution in [0.15, 0.2) is 0 Å². The average molecular weight is 1200 g/mol. The van der Waals surface area contributed by atoms with Gasteiger partial charge in [-0.25, -0.2) is 0 Å². The Morgan fingerprint density at radius 1 is 0.115 bits per heavy atom. The van der Waals surface area contributed by atoms with Crippen LogP contribution < -0.4 is 0 Å². The largest absolute Gasteiger partial charge is 0.394 e. The summed E-state index contributed by atoms with van der Waals surface area (Å²) < 4.78 is 379. The van der Waals surface area contributed by atoms with Crippen LogP contribution in [0.5, 0.6) is 0 Å². The number of hydrogen-bond donors (Lipinski definition) is 24. The Kier molecular flexibility index (Phi) is 61.9. The zero-order chi connectivity index (χ0) is 54.0. The average Bonchev–Trinajstić information content (AvgIpc) is 2.48. The first-order chi connectivity index (χ1) is 24.0. The monoisotopic (exact) mass is 1200 g/mol. The molecule has 0 aliphatic heterocycles. The van der Waals surface area contributed by atoms with Gasteiger partial charge in [0.1, 0.15) is 0 Å². The fraction of sp³-hybridized carbons (Fsp3) is 0. The molecule has 385 valence electrons. The molecule has 0 aromatic heterocycles. The Labute approximate surface area is 361 Å². The van der Waals surface area contributed by atoms with Crippen LogP contribution in [0.3, 0.4) is 0 Å². The summed E-state index contributed by atoms with van der Waals surface area (Å²) in [6.07, 6.45) is 0. The van der Waals surface area contributed by atoms with Gasteiger partial charge in [-0.2, -0.15) is 101 Å². The summed E-state index contributed by atoms with van der Waals surface area (Å²) in [5, 5.41) is 0. The van der Waals surface area contributed by atoms with Gasteiger partial charge in [-0.15, -0.1) is 0 Å². The van der Waals surface area contributed by atoms with E-state index in [0.29, 0.717) is 0 Å². The molecule has 0 aliphatic rings. The topological polar surface area (TPSA) is 895 Å². The minimum Gasteiger partial charge on any atom is -0.264 e. The van der Waals surface area contributed by atoms with E-state index in [0.717, 1.165) is 0 Å². The second-order valence-corrected chi connectivity index (χ2v) is 16.1. The third kappa shape index (κ3) is 625000. The Hall–Kier alpha value is -0.560. The van der Waals surface area contributed by atoms with E-state index in [9.17, 15) is 0 Å². The van der Waals surface area contributed by atoms with E-state index >= 15 is 0 Å². The molecule has 0 saturated carbocycles. The summed E-state index contributed by atoms with van der Waals surface area (Å²) in [6.45, 7) is 0. The zero-order valence-electron chi connectivity index (χ0n) is 26.4. The molecule has 0 atom stereocenters. The van der Waals surface area contributed by atoms with Gasteiger partial charge < -0.3 is 0 Å². The standard InChI is InChI=1S/Na.12H2O4S/c;12*1-5(2,3)4/h;12*(H2,1,2,3,4). The summed E-state index contributed by atoms with van der Waals surface area (Å²) >= 11 is 0. The van der Waals surface area contributed by atoms with Crippen molar-refractivity contribution in [2.24, 2.45) is 0 Å². The predicted molar refractivity (Wildman–Crippen MR) is 176 cm³/mol. The minimum atomic E-state index is -4.67. The molecule has 0 aromatic rings. The van der Waals surface area contributed by atoms with Crippen LogP contribution in [-0.2, 0) is 125 Å². The Morgan fingerprint density at radius 3 is 0.115 bits per heavy atom. The Morgan fingerprint density at radius 2 is 0.115 bits per heavy atom. The second-order valence-electron chi connectivity index (χ2n) is 5.37. The van der Waals surface area contributed by atoms with Gasteiger partial charge in [0.2, 0.25) is 0 Å². The maximum absolute atomic E-state index is 8.74. The molecule has 0 heterocycles. The summed E-state index contributed by atoms with van der Waals surface area (Å²) in [6, 6.07) is 0. The van der Waals surface area contributed by atoms with Crippen molar-refractivity contribution in [2.75, 3.05) is 0 Å². The van der Waals surface area contributed by atoms with Crippen LogP contribution >= 0.6 is 0 Å². The van der Waals surface area contributed by atoms with Crippen molar-refractivity contribution in [1.29, 1.82) is 0 Å². The van der Waals surface area contributed by atoms with Crippen molar-refractivity contribution >= 4 is 154 Å². The van der Waals surface area contributed by atoms with Gasteiger partial charge in [-0.1, -0.05) is 0 Å². The summed E-state index contributed by atoms with van der Waals surface area (Å²) in [7, 11) is -56.0. The van der Waals surface area contributed by atoms with E-state index in [1.807, 2.05) is 0 Å². The Bertz CT molecular complexity index is 1690. The molecular weight excluding hydrogens is 1180 g/mol. The van der Waals surface area contributed by atoms with Crippen LogP contribution in [-0.4, -0.2) is 240 Å². The first kappa shape index (κ1) is 94.9. The first-order valence-corrected chi connectivity index (χ1v) is 25.1. The summed E-state index contributed by atoms with van der Waals surface area (Å²) in [5.41, 5.74) is 0. The van der Waals surface area contributed by atoms with Gasteiger partial charge in [0, 0.05) is 29.6 Å². The molecule has 0 aliphatic carbocycles. The van der Waals surface area contributed by atoms with E-state index in [4.69, 9.17) is 210 Å². The molecule has 48 nitrogen and oxygen atoms in total. The molecule has 61 heavy (non-hydrogen) atoms. The van der Waals surface area contributed by atoms with Gasteiger partial charge >= 0.3 is 125 Å². The fourth-order valence-electron chi connectivity index (χ4n) is 0. The fourth-order valence-corrected chi connectivity index (χ4v) is 0. The smallest absolute Gasteiger partial charge is 0.264 e. The maximum atomic E-state index is 8.74. The third-order valence-corrected chi connectivity index (χ3v) is 0. The maximum Gasteiger partial charge on any atom is 0.394 e. The minimum absolute atomic E-state index is 0. The van der Waals surface area contributed by atoms with Gasteiger partial charge in [0.05, 0.1) is 0 Å². The number of hydrogen-bond acceptors (Lipinski definition) is 24. The van der Waals surface area contributed by atoms with Crippen LogP contribution in [0.4, 0.5) is 0 Å². The summed E-state index contributed by atoms with van der Waals surface area (Å²) in [5.74, 6) is 0. The van der Waals surface area contributed by atoms with Gasteiger partial charge in [-0.3, -0.25) is 109 Å². The molecule has 0 aromatic carbocycles. The van der Waals surface area contributed by atoms with Gasteiger partial charge in [-0.05, 0) is 0 Å². The molecule has 61 heteroatoms. The Balaban J connectivity index is -0.0000000374. The van der Waals surface area contributed by atoms with Crippen molar-refractivity contribution in [2.45, 2.75) is 0 Å². The molecule has 0 saturated heterocycles. The van der Waals surface area contributed by atoms with E-state index in [-0.39, 0.29) is 29.6 Å². The van der Waals surface area contributed by atoms with Crippen LogP contribution in [0.25, 0.3) is 0 Å². The summed E-state index contributed by atoms with van der Waals surface area (Å²) in [4.78, 5) is 0. The molecule has 0 spiro atoms. The molecule has 0 rings (SSSR count).